The first-order valence-electron chi connectivity index (χ1n) is 9.09. The Morgan fingerprint density at radius 3 is 2.48 bits per heavy atom. The molecule has 0 N–H and O–H groups in total. The number of hydrogen-bond acceptors (Lipinski definition) is 2. The van der Waals surface area contributed by atoms with E-state index in [1.54, 1.807) is 12.1 Å². The van der Waals surface area contributed by atoms with E-state index in [1.165, 1.54) is 23.2 Å². The van der Waals surface area contributed by atoms with Crippen molar-refractivity contribution >= 4 is 17.3 Å². The third-order valence-corrected chi connectivity index (χ3v) is 5.83. The zero-order valence-corrected chi connectivity index (χ0v) is 15.3. The minimum absolute atomic E-state index is 0.145. The van der Waals surface area contributed by atoms with Crippen molar-refractivity contribution in [1.82, 2.24) is 4.90 Å². The maximum absolute atomic E-state index is 13.0. The predicted molar refractivity (Wildman–Crippen MR) is 102 cm³/mol. The molecule has 0 spiro atoms. The number of hydrogen-bond donors (Lipinski definition) is 0. The quantitative estimate of drug-likeness (QED) is 0.780. The van der Waals surface area contributed by atoms with Gasteiger partial charge in [0, 0.05) is 43.4 Å². The Hall–Kier alpha value is -1.58. The van der Waals surface area contributed by atoms with Gasteiger partial charge in [0.15, 0.2) is 0 Å². The second-order valence-electron chi connectivity index (χ2n) is 7.37. The van der Waals surface area contributed by atoms with Crippen molar-refractivity contribution in [2.75, 3.05) is 37.6 Å². The van der Waals surface area contributed by atoms with Gasteiger partial charge in [-0.2, -0.15) is 0 Å². The first-order chi connectivity index (χ1) is 12.1. The minimum atomic E-state index is -0.145. The molecular formula is C21H24ClFN2. The van der Waals surface area contributed by atoms with Crippen LogP contribution in [0.25, 0.3) is 0 Å². The number of aryl methyl sites for hydroxylation is 1. The van der Waals surface area contributed by atoms with Crippen LogP contribution in [0.5, 0.6) is 0 Å². The van der Waals surface area contributed by atoms with Crippen LogP contribution in [0.15, 0.2) is 42.5 Å². The summed E-state index contributed by atoms with van der Waals surface area (Å²) in [5, 5.41) is 0.808. The lowest BCUT2D eigenvalue weighted by molar-refractivity contribution is 0.246. The van der Waals surface area contributed by atoms with Gasteiger partial charge in [-0.1, -0.05) is 29.8 Å². The van der Waals surface area contributed by atoms with Gasteiger partial charge in [0.25, 0.3) is 0 Å². The average molecular weight is 359 g/mol. The molecule has 2 nitrogen and oxygen atoms in total. The molecule has 0 radical (unpaired) electrons. The number of rotatable bonds is 4. The van der Waals surface area contributed by atoms with Crippen LogP contribution in [0.2, 0.25) is 5.02 Å². The molecule has 2 atom stereocenters. The van der Waals surface area contributed by atoms with Gasteiger partial charge in [0.2, 0.25) is 0 Å². The van der Waals surface area contributed by atoms with Crippen molar-refractivity contribution < 1.29 is 4.39 Å². The lowest BCUT2D eigenvalue weighted by Gasteiger charge is -2.37. The second-order valence-corrected chi connectivity index (χ2v) is 7.81. The molecule has 2 fully saturated rings. The van der Waals surface area contributed by atoms with Gasteiger partial charge in [0.05, 0.1) is 0 Å². The SMILES string of the molecule is Cc1ccc(Cl)cc1N1CCN(C[C@H]2C[C@H]2c2ccc(F)cc2)CC1. The molecule has 25 heavy (non-hydrogen) atoms. The Labute approximate surface area is 154 Å². The van der Waals surface area contributed by atoms with Gasteiger partial charge in [-0.05, 0) is 60.6 Å². The Bertz CT molecular complexity index is 738. The summed E-state index contributed by atoms with van der Waals surface area (Å²) in [5.41, 5.74) is 3.85. The fraction of sp³-hybridized carbons (Fsp3) is 0.429. The second kappa shape index (κ2) is 6.97. The highest BCUT2D eigenvalue weighted by atomic mass is 35.5. The van der Waals surface area contributed by atoms with Crippen LogP contribution in [0.3, 0.4) is 0 Å². The number of piperazine rings is 1. The third-order valence-electron chi connectivity index (χ3n) is 5.60. The van der Waals surface area contributed by atoms with E-state index in [-0.39, 0.29) is 5.82 Å². The van der Waals surface area contributed by atoms with Crippen molar-refractivity contribution in [3.63, 3.8) is 0 Å². The van der Waals surface area contributed by atoms with Gasteiger partial charge >= 0.3 is 0 Å². The largest absolute Gasteiger partial charge is 0.369 e. The number of nitrogens with zero attached hydrogens (tertiary/aromatic N) is 2. The van der Waals surface area contributed by atoms with Gasteiger partial charge < -0.3 is 4.90 Å². The summed E-state index contributed by atoms with van der Waals surface area (Å²) >= 11 is 6.17. The van der Waals surface area contributed by atoms with Crippen LogP contribution in [-0.2, 0) is 0 Å². The molecule has 2 aliphatic rings. The normalized spacial score (nSPS) is 23.7. The average Bonchev–Trinajstić information content (AvgIpc) is 3.38. The maximum atomic E-state index is 13.0. The van der Waals surface area contributed by atoms with Crippen molar-refractivity contribution in [2.45, 2.75) is 19.3 Å². The van der Waals surface area contributed by atoms with E-state index in [0.29, 0.717) is 5.92 Å². The van der Waals surface area contributed by atoms with E-state index in [0.717, 1.165) is 43.7 Å². The highest BCUT2D eigenvalue weighted by molar-refractivity contribution is 6.30. The Morgan fingerprint density at radius 2 is 1.76 bits per heavy atom. The van der Waals surface area contributed by atoms with E-state index in [9.17, 15) is 4.39 Å². The van der Waals surface area contributed by atoms with Gasteiger partial charge in [-0.15, -0.1) is 0 Å². The van der Waals surface area contributed by atoms with Crippen LogP contribution < -0.4 is 4.90 Å². The molecular weight excluding hydrogens is 335 g/mol. The number of benzene rings is 2. The van der Waals surface area contributed by atoms with Crippen molar-refractivity contribution in [2.24, 2.45) is 5.92 Å². The summed E-state index contributed by atoms with van der Waals surface area (Å²) in [5.74, 6) is 1.20. The van der Waals surface area contributed by atoms with E-state index in [4.69, 9.17) is 11.6 Å². The standard InChI is InChI=1S/C21H24ClFN2/c1-15-2-5-18(22)13-21(15)25-10-8-24(9-11-25)14-17-12-20(17)16-3-6-19(23)7-4-16/h2-7,13,17,20H,8-12,14H2,1H3/t17-,20+/m1/s1. The molecule has 0 aromatic heterocycles. The van der Waals surface area contributed by atoms with Gasteiger partial charge in [0.1, 0.15) is 5.82 Å². The molecule has 0 bridgehead atoms. The molecule has 1 saturated carbocycles. The molecule has 2 aromatic rings. The Morgan fingerprint density at radius 1 is 1.04 bits per heavy atom. The molecule has 0 amide bonds. The zero-order valence-electron chi connectivity index (χ0n) is 14.6. The summed E-state index contributed by atoms with van der Waals surface area (Å²) in [6.45, 7) is 7.60. The highest BCUT2D eigenvalue weighted by Gasteiger charge is 2.39. The van der Waals surface area contributed by atoms with Crippen LogP contribution in [0, 0.1) is 18.7 Å². The van der Waals surface area contributed by atoms with Crippen molar-refractivity contribution in [3.8, 4) is 0 Å². The van der Waals surface area contributed by atoms with Crippen LogP contribution in [0.1, 0.15) is 23.5 Å². The number of anilines is 1. The molecule has 4 heteroatoms. The summed E-state index contributed by atoms with van der Waals surface area (Å²) < 4.78 is 13.0. The minimum Gasteiger partial charge on any atom is -0.369 e. The molecule has 1 aliphatic heterocycles. The summed E-state index contributed by atoms with van der Waals surface area (Å²) in [4.78, 5) is 5.02. The van der Waals surface area contributed by atoms with Crippen LogP contribution in [-0.4, -0.2) is 37.6 Å². The smallest absolute Gasteiger partial charge is 0.123 e. The first kappa shape index (κ1) is 16.9. The fourth-order valence-electron chi connectivity index (χ4n) is 3.99. The highest BCUT2D eigenvalue weighted by Crippen LogP contribution is 2.47. The summed E-state index contributed by atoms with van der Waals surface area (Å²) in [7, 11) is 0. The van der Waals surface area contributed by atoms with Crippen LogP contribution in [0.4, 0.5) is 10.1 Å². The zero-order chi connectivity index (χ0) is 17.4. The third kappa shape index (κ3) is 3.83. The number of halogens is 2. The lowest BCUT2D eigenvalue weighted by atomic mass is 10.1. The first-order valence-corrected chi connectivity index (χ1v) is 9.47. The summed E-state index contributed by atoms with van der Waals surface area (Å²) in [6.07, 6.45) is 1.24. The van der Waals surface area contributed by atoms with Crippen LogP contribution >= 0.6 is 11.6 Å². The Balaban J connectivity index is 1.30. The maximum Gasteiger partial charge on any atom is 0.123 e. The summed E-state index contributed by atoms with van der Waals surface area (Å²) in [6, 6.07) is 13.2. The molecule has 1 heterocycles. The molecule has 0 unspecified atom stereocenters. The topological polar surface area (TPSA) is 6.48 Å². The molecule has 1 saturated heterocycles. The van der Waals surface area contributed by atoms with Crippen molar-refractivity contribution in [3.05, 3.63) is 64.4 Å². The predicted octanol–water partition coefficient (Wildman–Crippen LogP) is 4.71. The fourth-order valence-corrected chi connectivity index (χ4v) is 4.16. The molecule has 2 aromatic carbocycles. The monoisotopic (exact) mass is 358 g/mol. The van der Waals surface area contributed by atoms with Gasteiger partial charge in [-0.3, -0.25) is 4.90 Å². The lowest BCUT2D eigenvalue weighted by Crippen LogP contribution is -2.47. The van der Waals surface area contributed by atoms with Gasteiger partial charge in [-0.25, -0.2) is 4.39 Å². The van der Waals surface area contributed by atoms with E-state index >= 15 is 0 Å². The van der Waals surface area contributed by atoms with E-state index in [1.807, 2.05) is 18.2 Å². The molecule has 4 rings (SSSR count). The van der Waals surface area contributed by atoms with E-state index in [2.05, 4.69) is 28.9 Å². The Kier molecular flexibility index (Phi) is 4.70. The molecule has 1 aliphatic carbocycles. The molecule has 132 valence electrons. The van der Waals surface area contributed by atoms with Crippen molar-refractivity contribution in [1.29, 1.82) is 0 Å². The van der Waals surface area contributed by atoms with E-state index < -0.39 is 0 Å².